The third kappa shape index (κ3) is 2.37. The zero-order valence-corrected chi connectivity index (χ0v) is 10.8. The van der Waals surface area contributed by atoms with Crippen LogP contribution in [-0.2, 0) is 17.8 Å². The minimum atomic E-state index is -0.768. The van der Waals surface area contributed by atoms with Crippen molar-refractivity contribution in [2.45, 2.75) is 33.2 Å². The maximum absolute atomic E-state index is 11.0. The van der Waals surface area contributed by atoms with Gasteiger partial charge in [0, 0.05) is 13.0 Å². The van der Waals surface area contributed by atoms with Gasteiger partial charge in [0.15, 0.2) is 0 Å². The molecule has 0 aliphatic carbocycles. The number of imidazole rings is 1. The summed E-state index contributed by atoms with van der Waals surface area (Å²) in [6.45, 7) is 4.31. The zero-order valence-electron chi connectivity index (χ0n) is 10.8. The molecule has 2 rings (SSSR count). The number of carbonyl (C=O) groups is 1. The van der Waals surface area contributed by atoms with Gasteiger partial charge in [-0.2, -0.15) is 0 Å². The van der Waals surface area contributed by atoms with Crippen molar-refractivity contribution in [2.24, 2.45) is 5.92 Å². The highest BCUT2D eigenvalue weighted by molar-refractivity contribution is 5.76. The number of nitrogens with zero attached hydrogens (tertiary/aromatic N) is 2. The van der Waals surface area contributed by atoms with Crippen LogP contribution in [-0.4, -0.2) is 20.6 Å². The van der Waals surface area contributed by atoms with E-state index in [1.54, 1.807) is 6.92 Å². The maximum Gasteiger partial charge on any atom is 0.308 e. The number of fused-ring (bicyclic) bond motifs is 1. The molecule has 1 aromatic heterocycles. The average Bonchev–Trinajstić information content (AvgIpc) is 2.68. The summed E-state index contributed by atoms with van der Waals surface area (Å²) in [4.78, 5) is 15.6. The van der Waals surface area contributed by atoms with Crippen LogP contribution in [0.1, 0.15) is 26.1 Å². The monoisotopic (exact) mass is 246 g/mol. The van der Waals surface area contributed by atoms with E-state index in [9.17, 15) is 4.79 Å². The van der Waals surface area contributed by atoms with Crippen LogP contribution >= 0.6 is 0 Å². The Labute approximate surface area is 106 Å². The number of carboxylic acid groups (broad SMARTS) is 1. The quantitative estimate of drug-likeness (QED) is 0.882. The van der Waals surface area contributed by atoms with Crippen molar-refractivity contribution in [3.8, 4) is 0 Å². The molecule has 0 spiro atoms. The molecule has 1 aromatic carbocycles. The highest BCUT2D eigenvalue weighted by Crippen LogP contribution is 2.18. The fraction of sp³-hybridized carbons (Fsp3) is 0.429. The Kier molecular flexibility index (Phi) is 3.65. The maximum atomic E-state index is 11.0. The van der Waals surface area contributed by atoms with E-state index in [-0.39, 0.29) is 0 Å². The van der Waals surface area contributed by atoms with E-state index in [0.717, 1.165) is 29.7 Å². The topological polar surface area (TPSA) is 55.1 Å². The number of aliphatic carboxylic acids is 1. The van der Waals surface area contributed by atoms with Gasteiger partial charge in [0.05, 0.1) is 17.0 Å². The lowest BCUT2D eigenvalue weighted by Crippen LogP contribution is -2.18. The normalized spacial score (nSPS) is 12.8. The first-order chi connectivity index (χ1) is 8.63. The molecule has 0 radical (unpaired) electrons. The van der Waals surface area contributed by atoms with Crippen LogP contribution in [0.2, 0.25) is 0 Å². The molecule has 0 aliphatic heterocycles. The van der Waals surface area contributed by atoms with Gasteiger partial charge in [0.1, 0.15) is 5.82 Å². The molecule has 0 saturated heterocycles. The van der Waals surface area contributed by atoms with E-state index in [1.165, 1.54) is 0 Å². The Morgan fingerprint density at radius 1 is 1.44 bits per heavy atom. The first-order valence-corrected chi connectivity index (χ1v) is 6.30. The van der Waals surface area contributed by atoms with Gasteiger partial charge >= 0.3 is 5.97 Å². The van der Waals surface area contributed by atoms with Gasteiger partial charge in [-0.25, -0.2) is 4.98 Å². The van der Waals surface area contributed by atoms with Crippen LogP contribution in [0.4, 0.5) is 0 Å². The van der Waals surface area contributed by atoms with E-state index in [1.807, 2.05) is 28.8 Å². The second-order valence-electron chi connectivity index (χ2n) is 4.62. The lowest BCUT2D eigenvalue weighted by atomic mass is 10.2. The van der Waals surface area contributed by atoms with Crippen LogP contribution < -0.4 is 0 Å². The predicted octanol–water partition coefficient (Wildman–Crippen LogP) is 2.71. The highest BCUT2D eigenvalue weighted by atomic mass is 16.4. The molecule has 0 saturated carbocycles. The summed E-state index contributed by atoms with van der Waals surface area (Å²) in [6, 6.07) is 7.88. The second kappa shape index (κ2) is 5.21. The molecule has 0 amide bonds. The largest absolute Gasteiger partial charge is 0.481 e. The summed E-state index contributed by atoms with van der Waals surface area (Å²) in [7, 11) is 0. The Morgan fingerprint density at radius 3 is 2.83 bits per heavy atom. The SMILES string of the molecule is CCCc1nc2ccccc2n1CC(C)C(=O)O. The van der Waals surface area contributed by atoms with Crippen molar-refractivity contribution in [2.75, 3.05) is 0 Å². The van der Waals surface area contributed by atoms with Crippen molar-refractivity contribution < 1.29 is 9.90 Å². The molecule has 18 heavy (non-hydrogen) atoms. The van der Waals surface area contributed by atoms with Gasteiger partial charge in [0.25, 0.3) is 0 Å². The third-order valence-electron chi connectivity index (χ3n) is 3.09. The molecule has 4 nitrogen and oxygen atoms in total. The molecular formula is C14H18N2O2. The Bertz CT molecular complexity index is 560. The van der Waals surface area contributed by atoms with Crippen LogP contribution in [0.25, 0.3) is 11.0 Å². The van der Waals surface area contributed by atoms with Gasteiger partial charge in [-0.3, -0.25) is 4.79 Å². The van der Waals surface area contributed by atoms with Gasteiger partial charge in [0.2, 0.25) is 0 Å². The zero-order chi connectivity index (χ0) is 13.1. The number of rotatable bonds is 5. The van der Waals surface area contributed by atoms with E-state index in [2.05, 4.69) is 11.9 Å². The number of hydrogen-bond donors (Lipinski definition) is 1. The number of aryl methyl sites for hydroxylation is 1. The van der Waals surface area contributed by atoms with E-state index in [4.69, 9.17) is 5.11 Å². The molecule has 1 unspecified atom stereocenters. The molecule has 0 bridgehead atoms. The van der Waals surface area contributed by atoms with Gasteiger partial charge in [-0.05, 0) is 18.6 Å². The molecule has 0 aliphatic rings. The molecular weight excluding hydrogens is 228 g/mol. The smallest absolute Gasteiger partial charge is 0.308 e. The van der Waals surface area contributed by atoms with Crippen molar-refractivity contribution in [1.82, 2.24) is 9.55 Å². The fourth-order valence-corrected chi connectivity index (χ4v) is 2.10. The molecule has 0 fully saturated rings. The summed E-state index contributed by atoms with van der Waals surface area (Å²) in [5.41, 5.74) is 1.97. The molecule has 1 heterocycles. The lowest BCUT2D eigenvalue weighted by Gasteiger charge is -2.11. The Morgan fingerprint density at radius 2 is 2.17 bits per heavy atom. The van der Waals surface area contributed by atoms with Crippen LogP contribution in [0.15, 0.2) is 24.3 Å². The van der Waals surface area contributed by atoms with Gasteiger partial charge in [-0.1, -0.05) is 26.0 Å². The van der Waals surface area contributed by atoms with E-state index in [0.29, 0.717) is 6.54 Å². The first-order valence-electron chi connectivity index (χ1n) is 6.30. The fourth-order valence-electron chi connectivity index (χ4n) is 2.10. The van der Waals surface area contributed by atoms with Crippen LogP contribution in [0.5, 0.6) is 0 Å². The minimum Gasteiger partial charge on any atom is -0.481 e. The highest BCUT2D eigenvalue weighted by Gasteiger charge is 2.16. The number of benzene rings is 1. The number of hydrogen-bond acceptors (Lipinski definition) is 2. The van der Waals surface area contributed by atoms with Crippen LogP contribution in [0, 0.1) is 5.92 Å². The van der Waals surface area contributed by atoms with Crippen molar-refractivity contribution >= 4 is 17.0 Å². The Balaban J connectivity index is 2.44. The summed E-state index contributed by atoms with van der Waals surface area (Å²) in [6.07, 6.45) is 1.88. The number of aromatic nitrogens is 2. The molecule has 1 atom stereocenters. The number of carboxylic acids is 1. The third-order valence-corrected chi connectivity index (χ3v) is 3.09. The number of para-hydroxylation sites is 2. The van der Waals surface area contributed by atoms with Crippen LogP contribution in [0.3, 0.4) is 0 Å². The second-order valence-corrected chi connectivity index (χ2v) is 4.62. The predicted molar refractivity (Wildman–Crippen MR) is 70.5 cm³/mol. The minimum absolute atomic E-state index is 0.404. The summed E-state index contributed by atoms with van der Waals surface area (Å²) in [5.74, 6) is -0.194. The Hall–Kier alpha value is -1.84. The standard InChI is InChI=1S/C14H18N2O2/c1-3-6-13-15-11-7-4-5-8-12(11)16(13)9-10(2)14(17)18/h4-5,7-8,10H,3,6,9H2,1-2H3,(H,17,18). The van der Waals surface area contributed by atoms with Gasteiger partial charge < -0.3 is 9.67 Å². The average molecular weight is 246 g/mol. The molecule has 2 aromatic rings. The molecule has 4 heteroatoms. The van der Waals surface area contributed by atoms with E-state index >= 15 is 0 Å². The van der Waals surface area contributed by atoms with Crippen molar-refractivity contribution in [3.63, 3.8) is 0 Å². The van der Waals surface area contributed by atoms with Gasteiger partial charge in [-0.15, -0.1) is 0 Å². The van der Waals surface area contributed by atoms with E-state index < -0.39 is 11.9 Å². The van der Waals surface area contributed by atoms with Crippen molar-refractivity contribution in [3.05, 3.63) is 30.1 Å². The summed E-state index contributed by atoms with van der Waals surface area (Å²) >= 11 is 0. The summed E-state index contributed by atoms with van der Waals surface area (Å²) in [5, 5.41) is 9.04. The summed E-state index contributed by atoms with van der Waals surface area (Å²) < 4.78 is 2.04. The molecule has 1 N–H and O–H groups in total. The lowest BCUT2D eigenvalue weighted by molar-refractivity contribution is -0.141. The first kappa shape index (κ1) is 12.6. The van der Waals surface area contributed by atoms with Crippen molar-refractivity contribution in [1.29, 1.82) is 0 Å². The molecule has 96 valence electrons.